The topological polar surface area (TPSA) is 80.3 Å². The van der Waals surface area contributed by atoms with Crippen LogP contribution in [0.3, 0.4) is 0 Å². The number of hydrogen-bond acceptors (Lipinski definition) is 5. The minimum absolute atomic E-state index is 0.281. The highest BCUT2D eigenvalue weighted by atomic mass is 35.5. The molecule has 0 aliphatic rings. The van der Waals surface area contributed by atoms with E-state index in [1.54, 1.807) is 30.5 Å². The van der Waals surface area contributed by atoms with Gasteiger partial charge in [0.05, 0.1) is 40.8 Å². The van der Waals surface area contributed by atoms with Gasteiger partial charge in [-0.15, -0.1) is 0 Å². The van der Waals surface area contributed by atoms with Crippen LogP contribution in [0.15, 0.2) is 60.9 Å². The van der Waals surface area contributed by atoms with Crippen LogP contribution < -0.4 is 10.6 Å². The first kappa shape index (κ1) is 19.4. The molecule has 0 aliphatic carbocycles. The highest BCUT2D eigenvalue weighted by Gasteiger charge is 2.11. The van der Waals surface area contributed by atoms with E-state index in [1.165, 1.54) is 13.3 Å². The first-order valence-corrected chi connectivity index (χ1v) is 8.82. The van der Waals surface area contributed by atoms with Gasteiger partial charge in [-0.1, -0.05) is 23.7 Å². The zero-order valence-electron chi connectivity index (χ0n) is 15.3. The molecule has 1 heterocycles. The van der Waals surface area contributed by atoms with Crippen molar-refractivity contribution in [3.63, 3.8) is 0 Å². The molecule has 28 heavy (non-hydrogen) atoms. The summed E-state index contributed by atoms with van der Waals surface area (Å²) in [5, 5.41) is 6.34. The SMILES string of the molecule is COC(=O)c1ccc(Cl)c(Nc2cncc(C(=O)Nc3cccc(C)c3)c2)c1. The summed E-state index contributed by atoms with van der Waals surface area (Å²) < 4.78 is 4.72. The van der Waals surface area contributed by atoms with E-state index < -0.39 is 5.97 Å². The number of anilines is 3. The van der Waals surface area contributed by atoms with Gasteiger partial charge in [-0.3, -0.25) is 9.78 Å². The van der Waals surface area contributed by atoms with Crippen molar-refractivity contribution in [3.05, 3.63) is 82.6 Å². The predicted molar refractivity (Wildman–Crippen MR) is 109 cm³/mol. The summed E-state index contributed by atoms with van der Waals surface area (Å²) in [4.78, 5) is 28.3. The number of aromatic nitrogens is 1. The van der Waals surface area contributed by atoms with Crippen molar-refractivity contribution in [2.45, 2.75) is 6.92 Å². The molecular weight excluding hydrogens is 378 g/mol. The van der Waals surface area contributed by atoms with Crippen LogP contribution in [0, 0.1) is 6.92 Å². The van der Waals surface area contributed by atoms with Crippen LogP contribution in [0.4, 0.5) is 17.1 Å². The molecule has 0 atom stereocenters. The molecule has 0 saturated carbocycles. The minimum Gasteiger partial charge on any atom is -0.465 e. The van der Waals surface area contributed by atoms with Crippen LogP contribution in [0.25, 0.3) is 0 Å². The van der Waals surface area contributed by atoms with Gasteiger partial charge in [-0.05, 0) is 48.9 Å². The van der Waals surface area contributed by atoms with Crippen LogP contribution in [0.5, 0.6) is 0 Å². The lowest BCUT2D eigenvalue weighted by molar-refractivity contribution is 0.0600. The number of halogens is 1. The summed E-state index contributed by atoms with van der Waals surface area (Å²) in [5.74, 6) is -0.750. The molecule has 3 rings (SSSR count). The second-order valence-corrected chi connectivity index (χ2v) is 6.50. The number of benzene rings is 2. The van der Waals surface area contributed by atoms with Gasteiger partial charge in [-0.25, -0.2) is 4.79 Å². The Kier molecular flexibility index (Phi) is 5.91. The molecular formula is C21H18ClN3O3. The lowest BCUT2D eigenvalue weighted by Gasteiger charge is -2.11. The lowest BCUT2D eigenvalue weighted by atomic mass is 10.2. The summed E-state index contributed by atoms with van der Waals surface area (Å²) in [6.07, 6.45) is 3.04. The van der Waals surface area contributed by atoms with Gasteiger partial charge in [0.2, 0.25) is 0 Å². The van der Waals surface area contributed by atoms with Crippen molar-refractivity contribution < 1.29 is 14.3 Å². The van der Waals surface area contributed by atoms with Gasteiger partial charge in [0.25, 0.3) is 5.91 Å². The number of ether oxygens (including phenoxy) is 1. The first-order chi connectivity index (χ1) is 13.5. The van der Waals surface area contributed by atoms with Crippen LogP contribution in [0.2, 0.25) is 5.02 Å². The fraction of sp³-hybridized carbons (Fsp3) is 0.0952. The summed E-state index contributed by atoms with van der Waals surface area (Å²) in [7, 11) is 1.31. The molecule has 0 fully saturated rings. The quantitative estimate of drug-likeness (QED) is 0.605. The summed E-state index contributed by atoms with van der Waals surface area (Å²) >= 11 is 6.20. The Hall–Kier alpha value is -3.38. The van der Waals surface area contributed by atoms with E-state index in [0.29, 0.717) is 33.2 Å². The highest BCUT2D eigenvalue weighted by molar-refractivity contribution is 6.33. The van der Waals surface area contributed by atoms with Gasteiger partial charge in [-0.2, -0.15) is 0 Å². The number of nitrogens with zero attached hydrogens (tertiary/aromatic N) is 1. The third-order valence-electron chi connectivity index (χ3n) is 3.94. The Bertz CT molecular complexity index is 1040. The monoisotopic (exact) mass is 395 g/mol. The molecule has 7 heteroatoms. The van der Waals surface area contributed by atoms with E-state index in [0.717, 1.165) is 5.56 Å². The zero-order chi connectivity index (χ0) is 20.1. The van der Waals surface area contributed by atoms with Crippen molar-refractivity contribution in [2.75, 3.05) is 17.7 Å². The third-order valence-corrected chi connectivity index (χ3v) is 4.27. The fourth-order valence-corrected chi connectivity index (χ4v) is 2.74. The lowest BCUT2D eigenvalue weighted by Crippen LogP contribution is -2.12. The average Bonchev–Trinajstić information content (AvgIpc) is 2.69. The standard InChI is InChI=1S/C21H18ClN3O3/c1-13-4-3-5-16(8-13)25-20(26)15-9-17(12-23-11-15)24-19-10-14(21(27)28-2)6-7-18(19)22/h3-12,24H,1-2H3,(H,25,26). The number of carbonyl (C=O) groups excluding carboxylic acids is 2. The van der Waals surface area contributed by atoms with Gasteiger partial charge < -0.3 is 15.4 Å². The highest BCUT2D eigenvalue weighted by Crippen LogP contribution is 2.27. The third kappa shape index (κ3) is 4.66. The van der Waals surface area contributed by atoms with E-state index in [4.69, 9.17) is 16.3 Å². The smallest absolute Gasteiger partial charge is 0.337 e. The number of aryl methyl sites for hydroxylation is 1. The number of esters is 1. The fourth-order valence-electron chi connectivity index (χ4n) is 2.58. The summed E-state index contributed by atoms with van der Waals surface area (Å²) in [5.41, 5.74) is 3.55. The zero-order valence-corrected chi connectivity index (χ0v) is 16.1. The Morgan fingerprint density at radius 2 is 1.82 bits per heavy atom. The second-order valence-electron chi connectivity index (χ2n) is 6.10. The minimum atomic E-state index is -0.468. The maximum Gasteiger partial charge on any atom is 0.337 e. The second kappa shape index (κ2) is 8.54. The van der Waals surface area contributed by atoms with Crippen molar-refractivity contribution in [2.24, 2.45) is 0 Å². The van der Waals surface area contributed by atoms with Gasteiger partial charge in [0, 0.05) is 11.9 Å². The average molecular weight is 396 g/mol. The molecule has 2 aromatic carbocycles. The molecule has 6 nitrogen and oxygen atoms in total. The number of amides is 1. The van der Waals surface area contributed by atoms with Gasteiger partial charge >= 0.3 is 5.97 Å². The number of pyridine rings is 1. The van der Waals surface area contributed by atoms with Crippen molar-refractivity contribution >= 4 is 40.5 Å². The largest absolute Gasteiger partial charge is 0.465 e. The Labute approximate surface area is 167 Å². The number of carbonyl (C=O) groups is 2. The molecule has 142 valence electrons. The number of rotatable bonds is 5. The molecule has 0 spiro atoms. The molecule has 2 N–H and O–H groups in total. The van der Waals surface area contributed by atoms with Gasteiger partial charge in [0.15, 0.2) is 0 Å². The van der Waals surface area contributed by atoms with E-state index in [1.807, 2.05) is 31.2 Å². The van der Waals surface area contributed by atoms with E-state index in [-0.39, 0.29) is 5.91 Å². The van der Waals surface area contributed by atoms with Crippen molar-refractivity contribution in [3.8, 4) is 0 Å². The molecule has 0 bridgehead atoms. The first-order valence-electron chi connectivity index (χ1n) is 8.44. The summed E-state index contributed by atoms with van der Waals surface area (Å²) in [6.45, 7) is 1.95. The Morgan fingerprint density at radius 3 is 2.57 bits per heavy atom. The van der Waals surface area contributed by atoms with Crippen LogP contribution in [-0.2, 0) is 4.74 Å². The Balaban J connectivity index is 1.80. The molecule has 3 aromatic rings. The van der Waals surface area contributed by atoms with E-state index in [2.05, 4.69) is 15.6 Å². The van der Waals surface area contributed by atoms with Crippen molar-refractivity contribution in [1.82, 2.24) is 4.98 Å². The van der Waals surface area contributed by atoms with E-state index >= 15 is 0 Å². The normalized spacial score (nSPS) is 10.2. The molecule has 0 aliphatic heterocycles. The predicted octanol–water partition coefficient (Wildman–Crippen LogP) is 4.83. The molecule has 0 saturated heterocycles. The Morgan fingerprint density at radius 1 is 1.00 bits per heavy atom. The number of methoxy groups -OCH3 is 1. The van der Waals surface area contributed by atoms with E-state index in [9.17, 15) is 9.59 Å². The summed E-state index contributed by atoms with van der Waals surface area (Å²) in [6, 6.07) is 13.9. The molecule has 0 unspecified atom stereocenters. The number of hydrogen-bond donors (Lipinski definition) is 2. The molecule has 0 radical (unpaired) electrons. The van der Waals surface area contributed by atoms with Crippen molar-refractivity contribution in [1.29, 1.82) is 0 Å². The molecule has 1 amide bonds. The van der Waals surface area contributed by atoms with Crippen LogP contribution in [-0.4, -0.2) is 24.0 Å². The van der Waals surface area contributed by atoms with Crippen LogP contribution in [0.1, 0.15) is 26.3 Å². The number of nitrogens with one attached hydrogen (secondary N) is 2. The van der Waals surface area contributed by atoms with Gasteiger partial charge in [0.1, 0.15) is 0 Å². The molecule has 1 aromatic heterocycles. The maximum absolute atomic E-state index is 12.5. The van der Waals surface area contributed by atoms with Crippen LogP contribution >= 0.6 is 11.6 Å². The maximum atomic E-state index is 12.5.